The van der Waals surface area contributed by atoms with Gasteiger partial charge in [-0.15, -0.1) is 0 Å². The first-order valence-corrected chi connectivity index (χ1v) is 7.13. The number of unbranched alkanes of at least 4 members (excludes halogenated alkanes) is 1. The van der Waals surface area contributed by atoms with Gasteiger partial charge in [0.1, 0.15) is 0 Å². The van der Waals surface area contributed by atoms with E-state index in [0.717, 1.165) is 30.2 Å². The summed E-state index contributed by atoms with van der Waals surface area (Å²) >= 11 is 2.36. The number of rotatable bonds is 7. The minimum absolute atomic E-state index is 0.132. The monoisotopic (exact) mass is 325 g/mol. The van der Waals surface area contributed by atoms with Crippen molar-refractivity contribution in [2.24, 2.45) is 0 Å². The highest BCUT2D eigenvalue weighted by Crippen LogP contribution is 2.37. The number of halogens is 1. The molecule has 1 saturated carbocycles. The Morgan fingerprint density at radius 1 is 1.47 bits per heavy atom. The third-order valence-electron chi connectivity index (χ3n) is 3.06. The fraction of sp³-hybridized carbons (Fsp3) is 0.909. The van der Waals surface area contributed by atoms with Crippen LogP contribution in [0.1, 0.15) is 38.5 Å². The van der Waals surface area contributed by atoms with Gasteiger partial charge >= 0.3 is 0 Å². The summed E-state index contributed by atoms with van der Waals surface area (Å²) < 4.78 is 6.57. The number of amides is 1. The molecular weight excluding hydrogens is 305 g/mol. The average Bonchev–Trinajstić information content (AvgIpc) is 2.18. The van der Waals surface area contributed by atoms with Crippen LogP contribution in [-0.2, 0) is 9.53 Å². The van der Waals surface area contributed by atoms with Crippen molar-refractivity contribution < 1.29 is 9.53 Å². The highest BCUT2D eigenvalue weighted by Gasteiger charge is 2.38. The Bertz CT molecular complexity index is 199. The maximum Gasteiger partial charge on any atom is 0.222 e. The number of hydrogen-bond acceptors (Lipinski definition) is 2. The van der Waals surface area contributed by atoms with Crippen LogP contribution in [0.4, 0.5) is 0 Å². The van der Waals surface area contributed by atoms with Gasteiger partial charge in [-0.05, 0) is 36.5 Å². The van der Waals surface area contributed by atoms with Crippen LogP contribution in [-0.4, -0.2) is 29.6 Å². The van der Waals surface area contributed by atoms with Crippen molar-refractivity contribution in [3.05, 3.63) is 0 Å². The second kappa shape index (κ2) is 6.68. The molecule has 0 unspecified atom stereocenters. The SMILES string of the molecule is COC1(CC(=O)NCCCCI)CCC1. The predicted octanol–water partition coefficient (Wildman–Crippen LogP) is 2.28. The smallest absolute Gasteiger partial charge is 0.222 e. The number of ether oxygens (including phenoxy) is 1. The van der Waals surface area contributed by atoms with Crippen LogP contribution in [0.5, 0.6) is 0 Å². The zero-order chi connectivity index (χ0) is 11.1. The standard InChI is InChI=1S/C11H20INO2/c1-15-11(5-4-6-11)9-10(14)13-8-3-2-7-12/h2-9H2,1H3,(H,13,14). The first kappa shape index (κ1) is 13.2. The number of hydrogen-bond donors (Lipinski definition) is 1. The lowest BCUT2D eigenvalue weighted by Gasteiger charge is -2.39. The topological polar surface area (TPSA) is 38.3 Å². The normalized spacial score (nSPS) is 18.3. The van der Waals surface area contributed by atoms with Crippen molar-refractivity contribution in [3.8, 4) is 0 Å². The minimum atomic E-state index is -0.132. The van der Waals surface area contributed by atoms with E-state index in [1.807, 2.05) is 0 Å². The van der Waals surface area contributed by atoms with E-state index in [2.05, 4.69) is 27.9 Å². The van der Waals surface area contributed by atoms with Gasteiger partial charge in [0, 0.05) is 13.7 Å². The van der Waals surface area contributed by atoms with E-state index in [9.17, 15) is 4.79 Å². The van der Waals surface area contributed by atoms with Crippen molar-refractivity contribution in [1.29, 1.82) is 0 Å². The molecule has 0 aromatic carbocycles. The summed E-state index contributed by atoms with van der Waals surface area (Å²) in [5, 5.41) is 2.95. The van der Waals surface area contributed by atoms with Crippen molar-refractivity contribution in [2.45, 2.75) is 44.1 Å². The Hall–Kier alpha value is 0.160. The van der Waals surface area contributed by atoms with E-state index in [4.69, 9.17) is 4.74 Å². The van der Waals surface area contributed by atoms with E-state index >= 15 is 0 Å². The lowest BCUT2D eigenvalue weighted by atomic mass is 9.77. The van der Waals surface area contributed by atoms with E-state index in [1.54, 1.807) is 7.11 Å². The summed E-state index contributed by atoms with van der Waals surface area (Å²) in [5.41, 5.74) is -0.132. The Morgan fingerprint density at radius 3 is 2.67 bits per heavy atom. The number of carbonyl (C=O) groups is 1. The third kappa shape index (κ3) is 4.26. The fourth-order valence-electron chi connectivity index (χ4n) is 1.83. The van der Waals surface area contributed by atoms with Gasteiger partial charge in [-0.2, -0.15) is 0 Å². The zero-order valence-electron chi connectivity index (χ0n) is 9.35. The van der Waals surface area contributed by atoms with Gasteiger partial charge in [-0.1, -0.05) is 22.6 Å². The Morgan fingerprint density at radius 2 is 2.20 bits per heavy atom. The van der Waals surface area contributed by atoms with Crippen LogP contribution in [0.2, 0.25) is 0 Å². The third-order valence-corrected chi connectivity index (χ3v) is 3.83. The Labute approximate surface area is 105 Å². The zero-order valence-corrected chi connectivity index (χ0v) is 11.5. The van der Waals surface area contributed by atoms with Crippen molar-refractivity contribution >= 4 is 28.5 Å². The van der Waals surface area contributed by atoms with Gasteiger partial charge in [0.25, 0.3) is 0 Å². The van der Waals surface area contributed by atoms with Gasteiger partial charge in [0.15, 0.2) is 0 Å². The number of methoxy groups -OCH3 is 1. The number of carbonyl (C=O) groups excluding carboxylic acids is 1. The van der Waals surface area contributed by atoms with Crippen LogP contribution >= 0.6 is 22.6 Å². The van der Waals surface area contributed by atoms with Crippen LogP contribution in [0.15, 0.2) is 0 Å². The summed E-state index contributed by atoms with van der Waals surface area (Å²) in [6.07, 6.45) is 6.05. The van der Waals surface area contributed by atoms with Crippen molar-refractivity contribution in [1.82, 2.24) is 5.32 Å². The van der Waals surface area contributed by atoms with Gasteiger partial charge in [-0.3, -0.25) is 4.79 Å². The summed E-state index contributed by atoms with van der Waals surface area (Å²) in [4.78, 5) is 11.6. The molecule has 15 heavy (non-hydrogen) atoms. The van der Waals surface area contributed by atoms with Gasteiger partial charge in [-0.25, -0.2) is 0 Å². The minimum Gasteiger partial charge on any atom is -0.378 e. The molecule has 1 aliphatic carbocycles. The second-order valence-corrected chi connectivity index (χ2v) is 5.24. The molecule has 1 N–H and O–H groups in total. The van der Waals surface area contributed by atoms with Gasteiger partial charge < -0.3 is 10.1 Å². The van der Waals surface area contributed by atoms with E-state index < -0.39 is 0 Å². The molecule has 0 radical (unpaired) electrons. The summed E-state index contributed by atoms with van der Waals surface area (Å²) in [5.74, 6) is 0.144. The van der Waals surface area contributed by atoms with Gasteiger partial charge in [0.2, 0.25) is 5.91 Å². The molecule has 0 atom stereocenters. The Kier molecular flexibility index (Phi) is 5.89. The largest absolute Gasteiger partial charge is 0.378 e. The van der Waals surface area contributed by atoms with E-state index in [-0.39, 0.29) is 11.5 Å². The molecule has 3 nitrogen and oxygen atoms in total. The molecular formula is C11H20INO2. The summed E-state index contributed by atoms with van der Waals surface area (Å²) in [6, 6.07) is 0. The molecule has 0 spiro atoms. The summed E-state index contributed by atoms with van der Waals surface area (Å²) in [7, 11) is 1.71. The molecule has 1 fully saturated rings. The highest BCUT2D eigenvalue weighted by molar-refractivity contribution is 14.1. The molecule has 0 aromatic heterocycles. The van der Waals surface area contributed by atoms with Gasteiger partial charge in [0.05, 0.1) is 12.0 Å². The molecule has 1 aliphatic rings. The fourth-order valence-corrected chi connectivity index (χ4v) is 2.37. The maximum absolute atomic E-state index is 11.6. The molecule has 0 bridgehead atoms. The van der Waals surface area contributed by atoms with Crippen molar-refractivity contribution in [3.63, 3.8) is 0 Å². The molecule has 0 heterocycles. The van der Waals surface area contributed by atoms with Crippen LogP contribution in [0.3, 0.4) is 0 Å². The maximum atomic E-state index is 11.6. The van der Waals surface area contributed by atoms with Crippen LogP contribution in [0, 0.1) is 0 Å². The first-order valence-electron chi connectivity index (χ1n) is 5.60. The van der Waals surface area contributed by atoms with E-state index in [1.165, 1.54) is 12.8 Å². The number of nitrogens with one attached hydrogen (secondary N) is 1. The molecule has 1 rings (SSSR count). The molecule has 0 saturated heterocycles. The lowest BCUT2D eigenvalue weighted by Crippen LogP contribution is -2.44. The summed E-state index contributed by atoms with van der Waals surface area (Å²) in [6.45, 7) is 0.807. The lowest BCUT2D eigenvalue weighted by molar-refractivity contribution is -0.134. The highest BCUT2D eigenvalue weighted by atomic mass is 127. The average molecular weight is 325 g/mol. The second-order valence-electron chi connectivity index (χ2n) is 4.16. The van der Waals surface area contributed by atoms with Crippen LogP contribution in [0.25, 0.3) is 0 Å². The quantitative estimate of drug-likeness (QED) is 0.443. The van der Waals surface area contributed by atoms with Crippen LogP contribution < -0.4 is 5.32 Å². The van der Waals surface area contributed by atoms with Crippen molar-refractivity contribution in [2.75, 3.05) is 18.1 Å². The predicted molar refractivity (Wildman–Crippen MR) is 69.3 cm³/mol. The first-order chi connectivity index (χ1) is 7.22. The molecule has 0 aromatic rings. The molecule has 88 valence electrons. The number of alkyl halides is 1. The Balaban J connectivity index is 2.12. The molecule has 0 aliphatic heterocycles. The molecule has 4 heteroatoms. The van der Waals surface area contributed by atoms with E-state index in [0.29, 0.717) is 6.42 Å². The molecule has 1 amide bonds.